The average molecular weight is 423 g/mol. The van der Waals surface area contributed by atoms with Crippen LogP contribution in [0.2, 0.25) is 0 Å². The zero-order chi connectivity index (χ0) is 21.3. The van der Waals surface area contributed by atoms with Gasteiger partial charge in [-0.1, -0.05) is 19.3 Å². The van der Waals surface area contributed by atoms with Crippen LogP contribution in [0.5, 0.6) is 0 Å². The first-order chi connectivity index (χ1) is 14.4. The Labute approximate surface area is 173 Å². The second-order valence-electron chi connectivity index (χ2n) is 8.32. The van der Waals surface area contributed by atoms with Crippen molar-refractivity contribution in [3.05, 3.63) is 23.8 Å². The third kappa shape index (κ3) is 4.26. The maximum Gasteiger partial charge on any atom is 0.242 e. The Bertz CT molecular complexity index is 910. The third-order valence-electron chi connectivity index (χ3n) is 6.13. The molecule has 0 spiro atoms. The molecule has 3 heterocycles. The summed E-state index contributed by atoms with van der Waals surface area (Å²) in [5.41, 5.74) is 6.51. The zero-order valence-electron chi connectivity index (χ0n) is 17.0. The van der Waals surface area contributed by atoms with E-state index in [1.807, 2.05) is 4.90 Å². The first kappa shape index (κ1) is 21.0. The number of rotatable bonds is 3. The van der Waals surface area contributed by atoms with Gasteiger partial charge in [0, 0.05) is 38.3 Å². The highest BCUT2D eigenvalue weighted by Crippen LogP contribution is 2.28. The van der Waals surface area contributed by atoms with Gasteiger partial charge in [-0.15, -0.1) is 0 Å². The first-order valence-corrected chi connectivity index (χ1v) is 10.7. The number of imidazole rings is 1. The molecular weight excluding hydrogens is 395 g/mol. The highest BCUT2D eigenvalue weighted by molar-refractivity contribution is 5.83. The average Bonchev–Trinajstić information content (AvgIpc) is 3.01. The van der Waals surface area contributed by atoms with Crippen LogP contribution < -0.4 is 10.6 Å². The number of anilines is 1. The molecule has 1 aromatic carbocycles. The molecule has 0 bridgehead atoms. The van der Waals surface area contributed by atoms with Crippen LogP contribution >= 0.6 is 0 Å². The van der Waals surface area contributed by atoms with Crippen molar-refractivity contribution in [1.29, 1.82) is 0 Å². The van der Waals surface area contributed by atoms with Gasteiger partial charge in [-0.05, 0) is 19.3 Å². The molecule has 30 heavy (non-hydrogen) atoms. The fraction of sp³-hybridized carbons (Fsp3) is 0.619. The van der Waals surface area contributed by atoms with Gasteiger partial charge in [0.2, 0.25) is 11.9 Å². The van der Waals surface area contributed by atoms with E-state index in [0.29, 0.717) is 31.1 Å². The third-order valence-corrected chi connectivity index (χ3v) is 6.13. The molecule has 1 aromatic heterocycles. The summed E-state index contributed by atoms with van der Waals surface area (Å²) < 4.78 is 43.3. The normalized spacial score (nSPS) is 23.5. The van der Waals surface area contributed by atoms with Crippen molar-refractivity contribution in [2.75, 3.05) is 31.1 Å². The molecule has 0 unspecified atom stereocenters. The molecule has 0 aliphatic carbocycles. The van der Waals surface area contributed by atoms with Crippen molar-refractivity contribution in [3.63, 3.8) is 0 Å². The summed E-state index contributed by atoms with van der Waals surface area (Å²) in [5.74, 6) is -1.66. The lowest BCUT2D eigenvalue weighted by molar-refractivity contribution is -0.132. The van der Waals surface area contributed by atoms with Crippen LogP contribution in [-0.4, -0.2) is 58.8 Å². The van der Waals surface area contributed by atoms with E-state index >= 15 is 0 Å². The molecule has 0 saturated carbocycles. The smallest absolute Gasteiger partial charge is 0.242 e. The molecule has 2 saturated heterocycles. The molecule has 164 valence electrons. The number of nitrogens with zero attached hydrogens (tertiary/aromatic N) is 4. The van der Waals surface area contributed by atoms with Crippen LogP contribution in [0, 0.1) is 11.6 Å². The highest BCUT2D eigenvalue weighted by atomic mass is 19.2. The maximum atomic E-state index is 14.0. The van der Waals surface area contributed by atoms with Gasteiger partial charge in [-0.25, -0.2) is 18.2 Å². The van der Waals surface area contributed by atoms with Crippen LogP contribution in [0.15, 0.2) is 12.1 Å². The van der Waals surface area contributed by atoms with Crippen LogP contribution in [0.4, 0.5) is 19.1 Å². The molecule has 0 radical (unpaired) electrons. The van der Waals surface area contributed by atoms with E-state index < -0.39 is 23.8 Å². The molecule has 2 N–H and O–H groups in total. The molecule has 2 aromatic rings. The predicted molar refractivity (Wildman–Crippen MR) is 109 cm³/mol. The quantitative estimate of drug-likeness (QED) is 0.824. The molecule has 2 fully saturated rings. The molecule has 2 aliphatic heterocycles. The Morgan fingerprint density at radius 2 is 1.73 bits per heavy atom. The lowest BCUT2D eigenvalue weighted by Crippen LogP contribution is -2.50. The van der Waals surface area contributed by atoms with E-state index in [4.69, 9.17) is 5.73 Å². The van der Waals surface area contributed by atoms with Gasteiger partial charge in [-0.3, -0.25) is 4.79 Å². The fourth-order valence-corrected chi connectivity index (χ4v) is 4.37. The SMILES string of the molecule is N[C@@H]1CN(c2nc3cc(F)c(F)cc3n2CC(=O)N2CCCCCCC2)CC[C@H]1F. The van der Waals surface area contributed by atoms with E-state index in [2.05, 4.69) is 4.98 Å². The minimum atomic E-state index is -1.10. The first-order valence-electron chi connectivity index (χ1n) is 10.7. The van der Waals surface area contributed by atoms with Crippen molar-refractivity contribution in [1.82, 2.24) is 14.5 Å². The second-order valence-corrected chi connectivity index (χ2v) is 8.32. The lowest BCUT2D eigenvalue weighted by atomic mass is 10.1. The lowest BCUT2D eigenvalue weighted by Gasteiger charge is -2.34. The Hall–Kier alpha value is -2.29. The van der Waals surface area contributed by atoms with E-state index in [-0.39, 0.29) is 30.9 Å². The maximum absolute atomic E-state index is 14.0. The summed E-state index contributed by atoms with van der Waals surface area (Å²) in [5, 5.41) is 0. The Morgan fingerprint density at radius 1 is 1.07 bits per heavy atom. The highest BCUT2D eigenvalue weighted by Gasteiger charge is 2.30. The van der Waals surface area contributed by atoms with E-state index in [1.165, 1.54) is 6.42 Å². The molecule has 2 atom stereocenters. The number of benzene rings is 1. The molecule has 1 amide bonds. The number of hydrogen-bond donors (Lipinski definition) is 1. The van der Waals surface area contributed by atoms with Gasteiger partial charge in [0.25, 0.3) is 0 Å². The number of nitrogens with two attached hydrogens (primary N) is 1. The Balaban J connectivity index is 1.67. The Kier molecular flexibility index (Phi) is 6.17. The monoisotopic (exact) mass is 423 g/mol. The van der Waals surface area contributed by atoms with E-state index in [1.54, 1.807) is 9.47 Å². The van der Waals surface area contributed by atoms with Crippen molar-refractivity contribution in [2.45, 2.75) is 57.3 Å². The summed E-state index contributed by atoms with van der Waals surface area (Å²) in [6.07, 6.45) is 4.45. The number of halogens is 3. The van der Waals surface area contributed by atoms with Gasteiger partial charge >= 0.3 is 0 Å². The van der Waals surface area contributed by atoms with Gasteiger partial charge in [0.05, 0.1) is 17.1 Å². The molecule has 6 nitrogen and oxygen atoms in total. The number of hydrogen-bond acceptors (Lipinski definition) is 4. The summed E-state index contributed by atoms with van der Waals surface area (Å²) in [6, 6.07) is 1.43. The van der Waals surface area contributed by atoms with E-state index in [9.17, 15) is 18.0 Å². The largest absolute Gasteiger partial charge is 0.341 e. The van der Waals surface area contributed by atoms with Gasteiger partial charge in [-0.2, -0.15) is 0 Å². The van der Waals surface area contributed by atoms with Crippen molar-refractivity contribution in [3.8, 4) is 0 Å². The topological polar surface area (TPSA) is 67.4 Å². The predicted octanol–water partition coefficient (Wildman–Crippen LogP) is 2.98. The Morgan fingerprint density at radius 3 is 2.43 bits per heavy atom. The van der Waals surface area contributed by atoms with Crippen LogP contribution in [-0.2, 0) is 11.3 Å². The van der Waals surface area contributed by atoms with Crippen molar-refractivity contribution in [2.24, 2.45) is 5.73 Å². The van der Waals surface area contributed by atoms with Crippen LogP contribution in [0.3, 0.4) is 0 Å². The second kappa shape index (κ2) is 8.83. The summed E-state index contributed by atoms with van der Waals surface area (Å²) >= 11 is 0. The van der Waals surface area contributed by atoms with Crippen molar-refractivity contribution < 1.29 is 18.0 Å². The van der Waals surface area contributed by atoms with Gasteiger partial charge in [0.1, 0.15) is 12.7 Å². The zero-order valence-corrected chi connectivity index (χ0v) is 17.0. The van der Waals surface area contributed by atoms with Crippen LogP contribution in [0.1, 0.15) is 38.5 Å². The van der Waals surface area contributed by atoms with Gasteiger partial charge < -0.3 is 20.1 Å². The summed E-state index contributed by atoms with van der Waals surface area (Å²) in [6.45, 7) is 1.97. The summed E-state index contributed by atoms with van der Waals surface area (Å²) in [4.78, 5) is 21.2. The standard InChI is InChI=1S/C21H28F3N5O/c22-14-6-9-28(12-17(14)25)21-26-18-10-15(23)16(24)11-19(18)29(21)13-20(30)27-7-4-2-1-3-5-8-27/h10-11,14,17H,1-9,12-13,25H2/t14-,17-/m1/s1. The number of carbonyl (C=O) groups is 1. The number of carbonyl (C=O) groups excluding carboxylic acids is 1. The summed E-state index contributed by atoms with van der Waals surface area (Å²) in [7, 11) is 0. The number of amides is 1. The minimum absolute atomic E-state index is 0.0261. The number of piperidine rings is 1. The number of aromatic nitrogens is 2. The van der Waals surface area contributed by atoms with E-state index in [0.717, 1.165) is 37.8 Å². The number of fused-ring (bicyclic) bond motifs is 1. The van der Waals surface area contributed by atoms with Crippen LogP contribution in [0.25, 0.3) is 11.0 Å². The molecule has 2 aliphatic rings. The van der Waals surface area contributed by atoms with Gasteiger partial charge in [0.15, 0.2) is 11.6 Å². The minimum Gasteiger partial charge on any atom is -0.341 e. The number of likely N-dealkylation sites (tertiary alicyclic amines) is 1. The number of alkyl halides is 1. The molecule has 4 rings (SSSR count). The van der Waals surface area contributed by atoms with Crippen molar-refractivity contribution >= 4 is 22.9 Å². The fourth-order valence-electron chi connectivity index (χ4n) is 4.37. The molecule has 9 heteroatoms. The molecular formula is C21H28F3N5O.